The van der Waals surface area contributed by atoms with Gasteiger partial charge >= 0.3 is 0 Å². The van der Waals surface area contributed by atoms with E-state index in [1.807, 2.05) is 0 Å². The highest BCUT2D eigenvalue weighted by atomic mass is 16.5. The summed E-state index contributed by atoms with van der Waals surface area (Å²) in [5, 5.41) is 17.1. The molecule has 66 valence electrons. The third kappa shape index (κ3) is 5.97. The van der Waals surface area contributed by atoms with Gasteiger partial charge in [-0.05, 0) is 0 Å². The minimum Gasteiger partial charge on any atom is -0.394 e. The van der Waals surface area contributed by atoms with Crippen LogP contribution in [0.15, 0.2) is 0 Å². The number of ketones is 1. The summed E-state index contributed by atoms with van der Waals surface area (Å²) in [7, 11) is 0. The molecular formula is C7H14O4. The van der Waals surface area contributed by atoms with Gasteiger partial charge in [-0.1, -0.05) is 6.92 Å². The van der Waals surface area contributed by atoms with E-state index in [1.165, 1.54) is 0 Å². The first-order chi connectivity index (χ1) is 5.20. The first-order valence-corrected chi connectivity index (χ1v) is 3.59. The Balaban J connectivity index is 3.20. The number of aliphatic hydroxyl groups is 2. The van der Waals surface area contributed by atoms with Crippen molar-refractivity contribution in [1.29, 1.82) is 0 Å². The summed E-state index contributed by atoms with van der Waals surface area (Å²) in [6, 6.07) is 0. The summed E-state index contributed by atoms with van der Waals surface area (Å²) >= 11 is 0. The maximum absolute atomic E-state index is 10.6. The molecule has 4 heteroatoms. The van der Waals surface area contributed by atoms with Crippen LogP contribution in [0.1, 0.15) is 13.3 Å². The molecule has 0 radical (unpaired) electrons. The van der Waals surface area contributed by atoms with Gasteiger partial charge in [-0.25, -0.2) is 0 Å². The van der Waals surface area contributed by atoms with Gasteiger partial charge in [0.25, 0.3) is 0 Å². The summed E-state index contributed by atoms with van der Waals surface area (Å²) in [6.45, 7) is 1.45. The fraction of sp³-hybridized carbons (Fsp3) is 0.857. The summed E-state index contributed by atoms with van der Waals surface area (Å²) in [5.41, 5.74) is 0. The second-order valence-corrected chi connectivity index (χ2v) is 2.24. The molecule has 1 unspecified atom stereocenters. The monoisotopic (exact) mass is 162 g/mol. The molecule has 0 aliphatic heterocycles. The smallest absolute Gasteiger partial charge is 0.158 e. The normalized spacial score (nSPS) is 13.0. The van der Waals surface area contributed by atoms with Crippen molar-refractivity contribution in [3.8, 4) is 0 Å². The first-order valence-electron chi connectivity index (χ1n) is 3.59. The van der Waals surface area contributed by atoms with Gasteiger partial charge in [0, 0.05) is 6.42 Å². The molecule has 0 aromatic rings. The Labute approximate surface area is 65.8 Å². The lowest BCUT2D eigenvalue weighted by atomic mass is 10.3. The highest BCUT2D eigenvalue weighted by Crippen LogP contribution is 1.86. The van der Waals surface area contributed by atoms with Crippen LogP contribution in [0.25, 0.3) is 0 Å². The van der Waals surface area contributed by atoms with Gasteiger partial charge in [-0.15, -0.1) is 0 Å². The van der Waals surface area contributed by atoms with Crippen molar-refractivity contribution in [2.24, 2.45) is 0 Å². The molecule has 0 heterocycles. The largest absolute Gasteiger partial charge is 0.394 e. The summed E-state index contributed by atoms with van der Waals surface area (Å²) < 4.78 is 4.78. The Morgan fingerprint density at radius 1 is 1.64 bits per heavy atom. The van der Waals surface area contributed by atoms with E-state index in [0.717, 1.165) is 0 Å². The number of hydrogen-bond donors (Lipinski definition) is 2. The van der Waals surface area contributed by atoms with Crippen LogP contribution in [0.5, 0.6) is 0 Å². The van der Waals surface area contributed by atoms with Crippen molar-refractivity contribution < 1.29 is 19.7 Å². The van der Waals surface area contributed by atoms with E-state index in [4.69, 9.17) is 14.9 Å². The van der Waals surface area contributed by atoms with Crippen LogP contribution >= 0.6 is 0 Å². The van der Waals surface area contributed by atoms with Gasteiger partial charge in [0.2, 0.25) is 0 Å². The van der Waals surface area contributed by atoms with E-state index < -0.39 is 6.10 Å². The molecule has 2 N–H and O–H groups in total. The lowest BCUT2D eigenvalue weighted by Crippen LogP contribution is -2.21. The maximum Gasteiger partial charge on any atom is 0.158 e. The summed E-state index contributed by atoms with van der Waals surface area (Å²) in [6.07, 6.45) is -0.436. The molecule has 0 spiro atoms. The highest BCUT2D eigenvalue weighted by molar-refractivity contribution is 5.79. The van der Waals surface area contributed by atoms with E-state index in [0.29, 0.717) is 6.42 Å². The standard InChI is InChI=1S/C7H14O4/c1-2-6(9)4-11-5-7(10)3-8/h7-8,10H,2-5H2,1H3. The third-order valence-electron chi connectivity index (χ3n) is 1.18. The zero-order valence-corrected chi connectivity index (χ0v) is 6.62. The van der Waals surface area contributed by atoms with Crippen LogP contribution in [0.4, 0.5) is 0 Å². The number of aliphatic hydroxyl groups excluding tert-OH is 2. The molecular weight excluding hydrogens is 148 g/mol. The van der Waals surface area contributed by atoms with E-state index in [2.05, 4.69) is 0 Å². The lowest BCUT2D eigenvalue weighted by Gasteiger charge is -2.06. The van der Waals surface area contributed by atoms with Gasteiger partial charge < -0.3 is 14.9 Å². The van der Waals surface area contributed by atoms with E-state index in [1.54, 1.807) is 6.92 Å². The second-order valence-electron chi connectivity index (χ2n) is 2.24. The fourth-order valence-electron chi connectivity index (χ4n) is 0.464. The number of carbonyl (C=O) groups excluding carboxylic acids is 1. The molecule has 0 bridgehead atoms. The quantitative estimate of drug-likeness (QED) is 0.544. The number of hydrogen-bond acceptors (Lipinski definition) is 4. The minimum atomic E-state index is -0.875. The van der Waals surface area contributed by atoms with Crippen molar-refractivity contribution in [3.05, 3.63) is 0 Å². The predicted octanol–water partition coefficient (Wildman–Crippen LogP) is -0.665. The molecule has 0 rings (SSSR count). The van der Waals surface area contributed by atoms with Gasteiger partial charge in [0.1, 0.15) is 12.7 Å². The Kier molecular flexibility index (Phi) is 6.02. The molecule has 0 aliphatic carbocycles. The predicted molar refractivity (Wildman–Crippen MR) is 39.2 cm³/mol. The molecule has 0 aliphatic rings. The molecule has 11 heavy (non-hydrogen) atoms. The average molecular weight is 162 g/mol. The zero-order valence-electron chi connectivity index (χ0n) is 6.62. The number of Topliss-reactive ketones (excluding diaryl/α,β-unsaturated/α-hetero) is 1. The first kappa shape index (κ1) is 10.6. The van der Waals surface area contributed by atoms with Crippen LogP contribution in [-0.2, 0) is 9.53 Å². The number of carbonyl (C=O) groups is 1. The number of ether oxygens (including phenoxy) is 1. The molecule has 0 aromatic carbocycles. The van der Waals surface area contributed by atoms with Crippen molar-refractivity contribution in [2.75, 3.05) is 19.8 Å². The Hall–Kier alpha value is -0.450. The highest BCUT2D eigenvalue weighted by Gasteiger charge is 2.03. The Morgan fingerprint density at radius 2 is 2.27 bits per heavy atom. The van der Waals surface area contributed by atoms with Crippen LogP contribution < -0.4 is 0 Å². The molecule has 4 nitrogen and oxygen atoms in total. The van der Waals surface area contributed by atoms with Crippen LogP contribution in [0, 0.1) is 0 Å². The number of rotatable bonds is 6. The van der Waals surface area contributed by atoms with Crippen molar-refractivity contribution in [3.63, 3.8) is 0 Å². The second kappa shape index (κ2) is 6.27. The van der Waals surface area contributed by atoms with Crippen LogP contribution in [0.3, 0.4) is 0 Å². The SMILES string of the molecule is CCC(=O)COCC(O)CO. The fourth-order valence-corrected chi connectivity index (χ4v) is 0.464. The van der Waals surface area contributed by atoms with E-state index in [-0.39, 0.29) is 25.6 Å². The van der Waals surface area contributed by atoms with Gasteiger partial charge in [-0.2, -0.15) is 0 Å². The molecule has 1 atom stereocenters. The minimum absolute atomic E-state index is 0.00450. The van der Waals surface area contributed by atoms with Gasteiger partial charge in [0.15, 0.2) is 5.78 Å². The van der Waals surface area contributed by atoms with E-state index in [9.17, 15) is 4.79 Å². The Bertz CT molecular complexity index is 113. The van der Waals surface area contributed by atoms with Crippen LogP contribution in [0.2, 0.25) is 0 Å². The molecule has 0 saturated heterocycles. The van der Waals surface area contributed by atoms with Crippen molar-refractivity contribution >= 4 is 5.78 Å². The summed E-state index contributed by atoms with van der Waals surface area (Å²) in [4.78, 5) is 10.6. The molecule has 0 fully saturated rings. The van der Waals surface area contributed by atoms with Gasteiger partial charge in [0.05, 0.1) is 13.2 Å². The van der Waals surface area contributed by atoms with Gasteiger partial charge in [-0.3, -0.25) is 4.79 Å². The zero-order chi connectivity index (χ0) is 8.69. The van der Waals surface area contributed by atoms with Crippen molar-refractivity contribution in [2.45, 2.75) is 19.4 Å². The lowest BCUT2D eigenvalue weighted by molar-refractivity contribution is -0.124. The Morgan fingerprint density at radius 3 is 2.73 bits per heavy atom. The van der Waals surface area contributed by atoms with E-state index >= 15 is 0 Å². The summed E-state index contributed by atoms with van der Waals surface area (Å²) in [5.74, 6) is -0.00450. The van der Waals surface area contributed by atoms with Crippen LogP contribution in [-0.4, -0.2) is 41.9 Å². The maximum atomic E-state index is 10.6. The molecule has 0 amide bonds. The molecule has 0 saturated carbocycles. The topological polar surface area (TPSA) is 66.8 Å². The molecule has 0 aromatic heterocycles. The van der Waals surface area contributed by atoms with Crippen molar-refractivity contribution in [1.82, 2.24) is 0 Å². The third-order valence-corrected chi connectivity index (χ3v) is 1.18. The average Bonchev–Trinajstić information content (AvgIpc) is 2.04.